The third-order valence-corrected chi connectivity index (χ3v) is 4.54. The molecule has 0 aliphatic heterocycles. The molecular weight excluding hydrogens is 264 g/mol. The lowest BCUT2D eigenvalue weighted by Crippen LogP contribution is -2.34. The summed E-state index contributed by atoms with van der Waals surface area (Å²) in [4.78, 5) is 0. The van der Waals surface area contributed by atoms with Crippen molar-refractivity contribution in [1.82, 2.24) is 0 Å². The topological polar surface area (TPSA) is 72.6 Å². The van der Waals surface area contributed by atoms with Gasteiger partial charge in [-0.1, -0.05) is 13.0 Å². The number of ether oxygens (including phenoxy) is 1. The fraction of sp³-hybridized carbons (Fsp3) is 0.538. The number of anilines is 2. The molecule has 1 rings (SSSR count). The van der Waals surface area contributed by atoms with Crippen LogP contribution in [0.1, 0.15) is 19.8 Å². The maximum Gasteiger partial charge on any atom is 0.235 e. The van der Waals surface area contributed by atoms with Crippen molar-refractivity contribution in [2.24, 2.45) is 0 Å². The molecule has 0 fully saturated rings. The van der Waals surface area contributed by atoms with Gasteiger partial charge in [0.1, 0.15) is 0 Å². The smallest absolute Gasteiger partial charge is 0.235 e. The molecule has 0 spiro atoms. The fourth-order valence-corrected chi connectivity index (χ4v) is 3.41. The summed E-state index contributed by atoms with van der Waals surface area (Å²) in [5, 5.41) is 0. The average Bonchev–Trinajstić information content (AvgIpc) is 2.36. The van der Waals surface area contributed by atoms with E-state index in [2.05, 4.69) is 0 Å². The lowest BCUT2D eigenvalue weighted by atomic mass is 10.3. The van der Waals surface area contributed by atoms with Gasteiger partial charge in [-0.25, -0.2) is 8.42 Å². The van der Waals surface area contributed by atoms with Crippen LogP contribution >= 0.6 is 0 Å². The van der Waals surface area contributed by atoms with Crippen molar-refractivity contribution in [2.45, 2.75) is 19.8 Å². The van der Waals surface area contributed by atoms with E-state index in [1.165, 1.54) is 4.31 Å². The summed E-state index contributed by atoms with van der Waals surface area (Å²) in [7, 11) is -1.76. The molecule has 5 nitrogen and oxygen atoms in total. The maximum atomic E-state index is 12.3. The van der Waals surface area contributed by atoms with Crippen LogP contribution in [-0.2, 0) is 14.8 Å². The highest BCUT2D eigenvalue weighted by atomic mass is 32.2. The first kappa shape index (κ1) is 15.8. The molecule has 0 atom stereocenters. The SMILES string of the molecule is CCCN(c1cccc(N)c1)S(=O)(=O)CCCOC. The standard InChI is InChI=1S/C13H22N2O3S/c1-3-8-15(13-7-4-6-12(14)11-13)19(16,17)10-5-9-18-2/h4,6-7,11H,3,5,8-10,14H2,1-2H3. The van der Waals surface area contributed by atoms with Gasteiger partial charge in [-0.2, -0.15) is 0 Å². The second-order valence-electron chi connectivity index (χ2n) is 4.33. The third kappa shape index (κ3) is 4.72. The van der Waals surface area contributed by atoms with Gasteiger partial charge in [0.15, 0.2) is 0 Å². The van der Waals surface area contributed by atoms with E-state index in [0.29, 0.717) is 30.9 Å². The number of benzene rings is 1. The minimum Gasteiger partial charge on any atom is -0.399 e. The molecule has 0 amide bonds. The minimum absolute atomic E-state index is 0.0790. The Morgan fingerprint density at radius 1 is 1.37 bits per heavy atom. The molecule has 0 bridgehead atoms. The first-order valence-corrected chi connectivity index (χ1v) is 7.97. The molecule has 0 aliphatic rings. The molecule has 0 heterocycles. The van der Waals surface area contributed by atoms with Gasteiger partial charge in [0.2, 0.25) is 10.0 Å². The Morgan fingerprint density at radius 3 is 2.68 bits per heavy atom. The Hall–Kier alpha value is -1.27. The van der Waals surface area contributed by atoms with Crippen molar-refractivity contribution < 1.29 is 13.2 Å². The van der Waals surface area contributed by atoms with Gasteiger partial charge in [-0.3, -0.25) is 4.31 Å². The van der Waals surface area contributed by atoms with E-state index in [0.717, 1.165) is 6.42 Å². The van der Waals surface area contributed by atoms with Crippen molar-refractivity contribution in [3.8, 4) is 0 Å². The molecule has 6 heteroatoms. The molecule has 19 heavy (non-hydrogen) atoms. The first-order chi connectivity index (χ1) is 9.01. The summed E-state index contributed by atoms with van der Waals surface area (Å²) in [6.07, 6.45) is 1.24. The average molecular weight is 286 g/mol. The maximum absolute atomic E-state index is 12.3. The molecule has 1 aromatic rings. The van der Waals surface area contributed by atoms with Crippen LogP contribution in [0.3, 0.4) is 0 Å². The van der Waals surface area contributed by atoms with Crippen LogP contribution in [-0.4, -0.2) is 34.4 Å². The van der Waals surface area contributed by atoms with Gasteiger partial charge in [-0.15, -0.1) is 0 Å². The van der Waals surface area contributed by atoms with Gasteiger partial charge >= 0.3 is 0 Å². The predicted octanol–water partition coefficient (Wildman–Crippen LogP) is 1.85. The summed E-state index contributed by atoms with van der Waals surface area (Å²) < 4.78 is 31.0. The molecule has 1 aromatic carbocycles. The molecule has 0 aromatic heterocycles. The van der Waals surface area contributed by atoms with Crippen LogP contribution in [0, 0.1) is 0 Å². The first-order valence-electron chi connectivity index (χ1n) is 6.36. The highest BCUT2D eigenvalue weighted by molar-refractivity contribution is 7.92. The monoisotopic (exact) mass is 286 g/mol. The Labute approximate surface area is 115 Å². The molecule has 2 N–H and O–H groups in total. The van der Waals surface area contributed by atoms with Crippen LogP contribution in [0.15, 0.2) is 24.3 Å². The third-order valence-electron chi connectivity index (χ3n) is 2.67. The van der Waals surface area contributed by atoms with E-state index in [1.54, 1.807) is 31.4 Å². The number of hydrogen-bond acceptors (Lipinski definition) is 4. The van der Waals surface area contributed by atoms with Gasteiger partial charge in [0.25, 0.3) is 0 Å². The summed E-state index contributed by atoms with van der Waals surface area (Å²) in [6, 6.07) is 6.95. The summed E-state index contributed by atoms with van der Waals surface area (Å²) in [5.74, 6) is 0.0790. The number of nitrogens with zero attached hydrogens (tertiary/aromatic N) is 1. The lowest BCUT2D eigenvalue weighted by molar-refractivity contribution is 0.199. The van der Waals surface area contributed by atoms with Crippen LogP contribution in [0.2, 0.25) is 0 Å². The zero-order valence-corrected chi connectivity index (χ0v) is 12.3. The van der Waals surface area contributed by atoms with Crippen molar-refractivity contribution in [3.63, 3.8) is 0 Å². The largest absolute Gasteiger partial charge is 0.399 e. The Morgan fingerprint density at radius 2 is 2.11 bits per heavy atom. The van der Waals surface area contributed by atoms with E-state index in [9.17, 15) is 8.42 Å². The lowest BCUT2D eigenvalue weighted by Gasteiger charge is -2.24. The fourth-order valence-electron chi connectivity index (χ4n) is 1.81. The van der Waals surface area contributed by atoms with Crippen molar-refractivity contribution in [1.29, 1.82) is 0 Å². The summed E-state index contributed by atoms with van der Waals surface area (Å²) in [6.45, 7) is 2.85. The van der Waals surface area contributed by atoms with Gasteiger partial charge in [0, 0.05) is 25.9 Å². The number of rotatable bonds is 8. The second kappa shape index (κ2) is 7.35. The number of methoxy groups -OCH3 is 1. The van der Waals surface area contributed by atoms with Crippen molar-refractivity contribution >= 4 is 21.4 Å². The number of hydrogen-bond donors (Lipinski definition) is 1. The highest BCUT2D eigenvalue weighted by Gasteiger charge is 2.21. The molecule has 0 radical (unpaired) electrons. The minimum atomic E-state index is -3.33. The van der Waals surface area contributed by atoms with E-state index in [1.807, 2.05) is 6.92 Å². The van der Waals surface area contributed by atoms with Gasteiger partial charge < -0.3 is 10.5 Å². The molecule has 0 saturated heterocycles. The van der Waals surface area contributed by atoms with E-state index in [4.69, 9.17) is 10.5 Å². The van der Waals surface area contributed by atoms with Crippen LogP contribution in [0.25, 0.3) is 0 Å². The van der Waals surface area contributed by atoms with E-state index < -0.39 is 10.0 Å². The zero-order chi connectivity index (χ0) is 14.3. The highest BCUT2D eigenvalue weighted by Crippen LogP contribution is 2.21. The normalized spacial score (nSPS) is 11.5. The van der Waals surface area contributed by atoms with Crippen molar-refractivity contribution in [2.75, 3.05) is 36.1 Å². The number of nitrogens with two attached hydrogens (primary N) is 1. The van der Waals surface area contributed by atoms with Crippen LogP contribution in [0.5, 0.6) is 0 Å². The Kier molecular flexibility index (Phi) is 6.11. The summed E-state index contributed by atoms with van der Waals surface area (Å²) in [5.41, 5.74) is 6.90. The predicted molar refractivity (Wildman–Crippen MR) is 78.8 cm³/mol. The zero-order valence-electron chi connectivity index (χ0n) is 11.5. The van der Waals surface area contributed by atoms with E-state index >= 15 is 0 Å². The van der Waals surface area contributed by atoms with Crippen LogP contribution < -0.4 is 10.0 Å². The number of nitrogen functional groups attached to an aromatic ring is 1. The molecule has 0 saturated carbocycles. The molecule has 108 valence electrons. The summed E-state index contributed by atoms with van der Waals surface area (Å²) >= 11 is 0. The second-order valence-corrected chi connectivity index (χ2v) is 6.34. The van der Waals surface area contributed by atoms with E-state index in [-0.39, 0.29) is 5.75 Å². The van der Waals surface area contributed by atoms with Crippen LogP contribution in [0.4, 0.5) is 11.4 Å². The Bertz CT molecular complexity index is 488. The van der Waals surface area contributed by atoms with Crippen molar-refractivity contribution in [3.05, 3.63) is 24.3 Å². The molecule has 0 unspecified atom stereocenters. The number of sulfonamides is 1. The quantitative estimate of drug-likeness (QED) is 0.585. The Balaban J connectivity index is 2.93. The van der Waals surface area contributed by atoms with Gasteiger partial charge in [-0.05, 0) is 31.0 Å². The van der Waals surface area contributed by atoms with Gasteiger partial charge in [0.05, 0.1) is 11.4 Å². The molecular formula is C13H22N2O3S. The molecule has 0 aliphatic carbocycles.